The molecule has 0 bridgehead atoms. The summed E-state index contributed by atoms with van der Waals surface area (Å²) in [5.74, 6) is -2.24. The van der Waals surface area contributed by atoms with Crippen LogP contribution in [0.5, 0.6) is 23.0 Å². The normalized spacial score (nSPS) is 11.8. The number of fused-ring (bicyclic) bond motifs is 1. The zero-order valence-corrected chi connectivity index (χ0v) is 18.7. The van der Waals surface area contributed by atoms with Gasteiger partial charge in [-0.1, -0.05) is 24.3 Å². The highest BCUT2D eigenvalue weighted by atomic mass is 16.3. The predicted octanol–water partition coefficient (Wildman–Crippen LogP) is 2.69. The Morgan fingerprint density at radius 3 is 2.31 bits per heavy atom. The molecule has 0 aliphatic carbocycles. The van der Waals surface area contributed by atoms with Crippen molar-refractivity contribution >= 4 is 22.7 Å². The molecule has 0 fully saturated rings. The van der Waals surface area contributed by atoms with E-state index in [9.17, 15) is 30.0 Å². The molecule has 2 amide bonds. The van der Waals surface area contributed by atoms with Crippen LogP contribution in [-0.2, 0) is 17.6 Å². The van der Waals surface area contributed by atoms with Crippen LogP contribution in [-0.4, -0.2) is 49.8 Å². The van der Waals surface area contributed by atoms with Gasteiger partial charge in [-0.25, -0.2) is 0 Å². The number of benzene rings is 3. The average Bonchev–Trinajstić information content (AvgIpc) is 3.25. The Kier molecular flexibility index (Phi) is 6.77. The maximum absolute atomic E-state index is 13.1. The van der Waals surface area contributed by atoms with Crippen molar-refractivity contribution in [3.63, 3.8) is 0 Å². The van der Waals surface area contributed by atoms with Crippen LogP contribution in [0, 0.1) is 0 Å². The van der Waals surface area contributed by atoms with Gasteiger partial charge in [-0.2, -0.15) is 0 Å². The zero-order valence-electron chi connectivity index (χ0n) is 18.7. The van der Waals surface area contributed by atoms with Crippen LogP contribution in [0.2, 0.25) is 0 Å². The van der Waals surface area contributed by atoms with Gasteiger partial charge in [-0.3, -0.25) is 9.59 Å². The average molecular weight is 476 g/mol. The Morgan fingerprint density at radius 2 is 1.57 bits per heavy atom. The number of hydrogen-bond donors (Lipinski definition) is 7. The number of phenols is 4. The Balaban J connectivity index is 1.50. The summed E-state index contributed by atoms with van der Waals surface area (Å²) in [4.78, 5) is 29.1. The number of carbonyl (C=O) groups excluding carboxylic acids is 2. The molecule has 0 saturated heterocycles. The van der Waals surface area contributed by atoms with Gasteiger partial charge < -0.3 is 36.0 Å². The first-order chi connectivity index (χ1) is 16.8. The lowest BCUT2D eigenvalue weighted by molar-refractivity contribution is -0.122. The highest BCUT2D eigenvalue weighted by Gasteiger charge is 2.23. The van der Waals surface area contributed by atoms with Crippen LogP contribution in [0.3, 0.4) is 0 Å². The van der Waals surface area contributed by atoms with Crippen LogP contribution in [0.1, 0.15) is 21.5 Å². The molecule has 4 rings (SSSR count). The zero-order chi connectivity index (χ0) is 24.9. The van der Waals surface area contributed by atoms with E-state index >= 15 is 0 Å². The summed E-state index contributed by atoms with van der Waals surface area (Å²) < 4.78 is 0. The van der Waals surface area contributed by atoms with Crippen molar-refractivity contribution in [2.75, 3.05) is 6.54 Å². The fraction of sp³-hybridized carbons (Fsp3) is 0.154. The third kappa shape index (κ3) is 5.47. The fourth-order valence-electron chi connectivity index (χ4n) is 3.81. The molecule has 9 heteroatoms. The molecule has 0 aliphatic heterocycles. The number of para-hydroxylation sites is 1. The Morgan fingerprint density at radius 1 is 0.857 bits per heavy atom. The molecular weight excluding hydrogens is 450 g/mol. The number of phenolic OH excluding ortho intramolecular Hbond substituents is 4. The quantitative estimate of drug-likeness (QED) is 0.194. The largest absolute Gasteiger partial charge is 0.504 e. The van der Waals surface area contributed by atoms with Crippen molar-refractivity contribution in [3.8, 4) is 23.0 Å². The number of hydrogen-bond acceptors (Lipinski definition) is 6. The SMILES string of the molecule is O=C(N[C@@H](Cc1c[nH]c2ccccc12)C(=O)NCCc1ccc(O)c(O)c1)c1ccc(O)c(O)c1. The van der Waals surface area contributed by atoms with Gasteiger partial charge in [0.2, 0.25) is 5.91 Å². The van der Waals surface area contributed by atoms with E-state index in [1.54, 1.807) is 12.3 Å². The number of amides is 2. The highest BCUT2D eigenvalue weighted by molar-refractivity contribution is 5.98. The molecule has 0 radical (unpaired) electrons. The molecular formula is C26H25N3O6. The number of rotatable bonds is 8. The molecule has 3 aromatic carbocycles. The highest BCUT2D eigenvalue weighted by Crippen LogP contribution is 2.26. The van der Waals surface area contributed by atoms with E-state index in [0.717, 1.165) is 28.1 Å². The van der Waals surface area contributed by atoms with E-state index in [-0.39, 0.29) is 35.8 Å². The molecule has 0 aliphatic rings. The summed E-state index contributed by atoms with van der Waals surface area (Å²) >= 11 is 0. The molecule has 1 aromatic heterocycles. The van der Waals surface area contributed by atoms with Crippen LogP contribution >= 0.6 is 0 Å². The van der Waals surface area contributed by atoms with Crippen LogP contribution in [0.25, 0.3) is 10.9 Å². The molecule has 4 aromatic rings. The van der Waals surface area contributed by atoms with Gasteiger partial charge in [0.25, 0.3) is 5.91 Å². The van der Waals surface area contributed by atoms with Gasteiger partial charge >= 0.3 is 0 Å². The van der Waals surface area contributed by atoms with E-state index in [2.05, 4.69) is 15.6 Å². The molecule has 0 saturated carbocycles. The van der Waals surface area contributed by atoms with Crippen LogP contribution in [0.15, 0.2) is 66.9 Å². The third-order valence-electron chi connectivity index (χ3n) is 5.71. The minimum Gasteiger partial charge on any atom is -0.504 e. The minimum absolute atomic E-state index is 0.0941. The standard InChI is InChI=1S/C26H25N3O6/c30-21-7-5-15(11-23(21)32)9-10-27-26(35)20(12-17-14-28-19-4-2-1-3-18(17)19)29-25(34)16-6-8-22(31)24(33)13-16/h1-8,11,13-14,20,28,30-33H,9-10,12H2,(H,27,35)(H,29,34)/t20-/m0/s1. The third-order valence-corrected chi connectivity index (χ3v) is 5.71. The number of aromatic hydroxyl groups is 4. The molecule has 7 N–H and O–H groups in total. The van der Waals surface area contributed by atoms with Crippen molar-refractivity contribution in [3.05, 3.63) is 83.6 Å². The van der Waals surface area contributed by atoms with Crippen molar-refractivity contribution in [2.24, 2.45) is 0 Å². The van der Waals surface area contributed by atoms with Crippen LogP contribution in [0.4, 0.5) is 0 Å². The van der Waals surface area contributed by atoms with Crippen LogP contribution < -0.4 is 10.6 Å². The first-order valence-electron chi connectivity index (χ1n) is 11.0. The topological polar surface area (TPSA) is 155 Å². The van der Waals surface area contributed by atoms with Gasteiger partial charge in [0.15, 0.2) is 23.0 Å². The summed E-state index contributed by atoms with van der Waals surface area (Å²) in [6.07, 6.45) is 2.41. The van der Waals surface area contributed by atoms with Gasteiger partial charge in [0, 0.05) is 35.6 Å². The molecule has 1 heterocycles. The van der Waals surface area contributed by atoms with Crippen molar-refractivity contribution in [2.45, 2.75) is 18.9 Å². The van der Waals surface area contributed by atoms with E-state index in [1.165, 1.54) is 24.3 Å². The molecule has 0 spiro atoms. The second-order valence-electron chi connectivity index (χ2n) is 8.16. The number of carbonyl (C=O) groups is 2. The van der Waals surface area contributed by atoms with Gasteiger partial charge in [-0.15, -0.1) is 0 Å². The van der Waals surface area contributed by atoms with E-state index in [0.29, 0.717) is 6.42 Å². The molecule has 9 nitrogen and oxygen atoms in total. The summed E-state index contributed by atoms with van der Waals surface area (Å²) in [5.41, 5.74) is 2.57. The van der Waals surface area contributed by atoms with Crippen molar-refractivity contribution < 1.29 is 30.0 Å². The first-order valence-corrected chi connectivity index (χ1v) is 11.0. The van der Waals surface area contributed by atoms with Gasteiger partial charge in [-0.05, 0) is 53.9 Å². The van der Waals surface area contributed by atoms with E-state index in [1.807, 2.05) is 24.3 Å². The Labute approximate surface area is 200 Å². The fourth-order valence-corrected chi connectivity index (χ4v) is 3.81. The molecule has 1 atom stereocenters. The Hall–Kier alpha value is -4.66. The predicted molar refractivity (Wildman–Crippen MR) is 130 cm³/mol. The molecule has 35 heavy (non-hydrogen) atoms. The monoisotopic (exact) mass is 475 g/mol. The van der Waals surface area contributed by atoms with Crippen molar-refractivity contribution in [1.29, 1.82) is 0 Å². The lowest BCUT2D eigenvalue weighted by atomic mass is 10.0. The summed E-state index contributed by atoms with van der Waals surface area (Å²) in [7, 11) is 0. The molecule has 180 valence electrons. The maximum atomic E-state index is 13.1. The van der Waals surface area contributed by atoms with Crippen molar-refractivity contribution in [1.82, 2.24) is 15.6 Å². The molecule has 0 unspecified atom stereocenters. The lowest BCUT2D eigenvalue weighted by Crippen LogP contribution is -2.48. The Bertz CT molecular complexity index is 1380. The number of nitrogens with one attached hydrogen (secondary N) is 3. The second-order valence-corrected chi connectivity index (χ2v) is 8.16. The van der Waals surface area contributed by atoms with Gasteiger partial charge in [0.1, 0.15) is 6.04 Å². The lowest BCUT2D eigenvalue weighted by Gasteiger charge is -2.19. The number of aromatic amines is 1. The minimum atomic E-state index is -0.925. The smallest absolute Gasteiger partial charge is 0.252 e. The van der Waals surface area contributed by atoms with E-state index in [4.69, 9.17) is 0 Å². The number of H-pyrrole nitrogens is 1. The maximum Gasteiger partial charge on any atom is 0.252 e. The summed E-state index contributed by atoms with van der Waals surface area (Å²) in [6, 6.07) is 14.8. The second kappa shape index (κ2) is 10.1. The van der Waals surface area contributed by atoms with E-state index < -0.39 is 23.6 Å². The number of aromatic nitrogens is 1. The first kappa shape index (κ1) is 23.5. The van der Waals surface area contributed by atoms with Gasteiger partial charge in [0.05, 0.1) is 0 Å². The summed E-state index contributed by atoms with van der Waals surface area (Å²) in [6.45, 7) is 0.239. The summed E-state index contributed by atoms with van der Waals surface area (Å²) in [5, 5.41) is 44.8.